The van der Waals surface area contributed by atoms with Gasteiger partial charge in [0.15, 0.2) is 5.69 Å². The second kappa shape index (κ2) is 8.99. The van der Waals surface area contributed by atoms with Gasteiger partial charge < -0.3 is 20.5 Å². The molecule has 0 radical (unpaired) electrons. The van der Waals surface area contributed by atoms with Crippen molar-refractivity contribution in [2.45, 2.75) is 44.5 Å². The maximum absolute atomic E-state index is 13.3. The molecule has 4 heterocycles. The Hall–Kier alpha value is -3.18. The Morgan fingerprint density at radius 3 is 2.61 bits per heavy atom. The second-order valence-electron chi connectivity index (χ2n) is 8.40. The van der Waals surface area contributed by atoms with Crippen LogP contribution in [0.15, 0.2) is 42.7 Å². The summed E-state index contributed by atoms with van der Waals surface area (Å²) in [5.41, 5.74) is -0.987. The lowest BCUT2D eigenvalue weighted by molar-refractivity contribution is -0.141. The van der Waals surface area contributed by atoms with Gasteiger partial charge in [-0.2, -0.15) is 18.3 Å². The molecule has 8 nitrogen and oxygen atoms in total. The number of nitrogens with one attached hydrogen (secondary N) is 2. The summed E-state index contributed by atoms with van der Waals surface area (Å²) in [4.78, 5) is 8.40. The molecule has 33 heavy (non-hydrogen) atoms. The number of alkyl halides is 3. The number of anilines is 2. The van der Waals surface area contributed by atoms with Gasteiger partial charge in [-0.1, -0.05) is 0 Å². The summed E-state index contributed by atoms with van der Waals surface area (Å²) in [5.74, 6) is 0.742. The topological polar surface area (TPSA) is 97.1 Å². The largest absolute Gasteiger partial charge is 0.439 e. The predicted molar refractivity (Wildman–Crippen MR) is 115 cm³/mol. The van der Waals surface area contributed by atoms with Crippen LogP contribution in [0.25, 0.3) is 0 Å². The number of aliphatic hydroxyl groups is 1. The average Bonchev–Trinajstić information content (AvgIpc) is 3.19. The molecule has 1 aliphatic heterocycles. The summed E-state index contributed by atoms with van der Waals surface area (Å²) in [6.45, 7) is 4.60. The highest BCUT2D eigenvalue weighted by atomic mass is 19.4. The Morgan fingerprint density at radius 2 is 1.91 bits per heavy atom. The highest BCUT2D eigenvalue weighted by Crippen LogP contribution is 2.35. The van der Waals surface area contributed by atoms with Crippen LogP contribution >= 0.6 is 0 Å². The smallest absolute Gasteiger partial charge is 0.435 e. The van der Waals surface area contributed by atoms with Gasteiger partial charge in [-0.05, 0) is 51.4 Å². The molecule has 0 bridgehead atoms. The molecule has 1 aliphatic rings. The lowest BCUT2D eigenvalue weighted by Gasteiger charge is -2.24. The molecule has 176 valence electrons. The Morgan fingerprint density at radius 1 is 1.12 bits per heavy atom. The van der Waals surface area contributed by atoms with Crippen molar-refractivity contribution in [3.8, 4) is 11.6 Å². The van der Waals surface area contributed by atoms with Crippen molar-refractivity contribution in [3.63, 3.8) is 0 Å². The van der Waals surface area contributed by atoms with Gasteiger partial charge in [0.05, 0.1) is 11.7 Å². The van der Waals surface area contributed by atoms with Gasteiger partial charge >= 0.3 is 6.18 Å². The molecule has 0 spiro atoms. The lowest BCUT2D eigenvalue weighted by Crippen LogP contribution is -2.32. The second-order valence-corrected chi connectivity index (χ2v) is 8.40. The maximum Gasteiger partial charge on any atom is 0.435 e. The highest BCUT2D eigenvalue weighted by Gasteiger charge is 2.36. The fraction of sp³-hybridized carbons (Fsp3) is 0.409. The molecule has 0 aliphatic carbocycles. The summed E-state index contributed by atoms with van der Waals surface area (Å²) < 4.78 is 47.1. The van der Waals surface area contributed by atoms with Crippen molar-refractivity contribution in [2.75, 3.05) is 18.4 Å². The molecule has 0 amide bonds. The standard InChI is InChI=1S/C22H25F3N6O2/c1-21(2,32)17-10-14(5-8-27-17)29-19-11-16(6-9-28-19)33-20-12-18(22(23,24)25)30-31(20)15-4-3-7-26-13-15/h5-6,8-12,15,26,32H,3-4,7,13H2,1-2H3,(H,27,28,29). The molecule has 3 N–H and O–H groups in total. The first-order valence-electron chi connectivity index (χ1n) is 10.6. The van der Waals surface area contributed by atoms with E-state index in [0.717, 1.165) is 19.0 Å². The third-order valence-electron chi connectivity index (χ3n) is 5.22. The number of halogens is 3. The SMILES string of the molecule is CC(C)(O)c1cc(Nc2cc(Oc3cc(C(F)(F)F)nn3C3CCCNC3)ccn2)ccn1. The van der Waals surface area contributed by atoms with E-state index in [9.17, 15) is 18.3 Å². The lowest BCUT2D eigenvalue weighted by atomic mass is 10.0. The number of hydrogen-bond donors (Lipinski definition) is 3. The number of aromatic nitrogens is 4. The van der Waals surface area contributed by atoms with Crippen molar-refractivity contribution in [1.82, 2.24) is 25.1 Å². The molecule has 11 heteroatoms. The third kappa shape index (κ3) is 5.60. The van der Waals surface area contributed by atoms with Crippen LogP contribution in [0.4, 0.5) is 24.7 Å². The Kier molecular flexibility index (Phi) is 6.26. The Balaban J connectivity index is 1.58. The summed E-state index contributed by atoms with van der Waals surface area (Å²) in [7, 11) is 0. The zero-order valence-corrected chi connectivity index (χ0v) is 18.2. The van der Waals surface area contributed by atoms with E-state index in [1.165, 1.54) is 10.9 Å². The van der Waals surface area contributed by atoms with Crippen molar-refractivity contribution < 1.29 is 23.0 Å². The first kappa shape index (κ1) is 23.0. The quantitative estimate of drug-likeness (QED) is 0.500. The fourth-order valence-corrected chi connectivity index (χ4v) is 3.55. The monoisotopic (exact) mass is 462 g/mol. The third-order valence-corrected chi connectivity index (χ3v) is 5.22. The van der Waals surface area contributed by atoms with Crippen LogP contribution in [0.3, 0.4) is 0 Å². The van der Waals surface area contributed by atoms with Crippen LogP contribution in [0.5, 0.6) is 11.6 Å². The molecule has 1 fully saturated rings. The van der Waals surface area contributed by atoms with E-state index in [1.807, 2.05) is 0 Å². The van der Waals surface area contributed by atoms with E-state index in [2.05, 4.69) is 25.7 Å². The van der Waals surface area contributed by atoms with E-state index in [-0.39, 0.29) is 11.9 Å². The van der Waals surface area contributed by atoms with E-state index in [0.29, 0.717) is 35.9 Å². The van der Waals surface area contributed by atoms with Crippen molar-refractivity contribution in [3.05, 3.63) is 54.1 Å². The van der Waals surface area contributed by atoms with Crippen molar-refractivity contribution in [2.24, 2.45) is 0 Å². The maximum atomic E-state index is 13.3. The van der Waals surface area contributed by atoms with Gasteiger partial charge in [0.25, 0.3) is 0 Å². The number of hydrogen-bond acceptors (Lipinski definition) is 7. The van der Waals surface area contributed by atoms with Crippen LogP contribution in [-0.4, -0.2) is 37.9 Å². The van der Waals surface area contributed by atoms with E-state index >= 15 is 0 Å². The zero-order chi connectivity index (χ0) is 23.6. The molecule has 1 atom stereocenters. The van der Waals surface area contributed by atoms with Crippen LogP contribution in [0.1, 0.15) is 44.1 Å². The number of nitrogens with zero attached hydrogens (tertiary/aromatic N) is 4. The molecule has 0 aromatic carbocycles. The molecule has 1 saturated heterocycles. The molecule has 0 saturated carbocycles. The minimum Gasteiger partial charge on any atom is -0.439 e. The van der Waals surface area contributed by atoms with Gasteiger partial charge in [-0.25, -0.2) is 9.67 Å². The summed E-state index contributed by atoms with van der Waals surface area (Å²) in [5, 5.41) is 20.2. The normalized spacial score (nSPS) is 17.1. The number of piperidine rings is 1. The zero-order valence-electron chi connectivity index (χ0n) is 18.2. The fourth-order valence-electron chi connectivity index (χ4n) is 3.55. The van der Waals surface area contributed by atoms with Crippen LogP contribution in [0, 0.1) is 0 Å². The first-order valence-corrected chi connectivity index (χ1v) is 10.6. The van der Waals surface area contributed by atoms with Gasteiger partial charge in [0.2, 0.25) is 5.88 Å². The Bertz CT molecular complexity index is 1100. The summed E-state index contributed by atoms with van der Waals surface area (Å²) in [6.07, 6.45) is 0.0228. The van der Waals surface area contributed by atoms with E-state index in [1.54, 1.807) is 44.3 Å². The highest BCUT2D eigenvalue weighted by molar-refractivity contribution is 5.57. The van der Waals surface area contributed by atoms with Gasteiger partial charge in [-0.3, -0.25) is 4.98 Å². The molecule has 1 unspecified atom stereocenters. The first-order chi connectivity index (χ1) is 15.6. The van der Waals surface area contributed by atoms with Crippen molar-refractivity contribution >= 4 is 11.5 Å². The van der Waals surface area contributed by atoms with Gasteiger partial charge in [0, 0.05) is 36.8 Å². The summed E-state index contributed by atoms with van der Waals surface area (Å²) >= 11 is 0. The Labute approximate surface area is 188 Å². The van der Waals surface area contributed by atoms with Crippen LogP contribution < -0.4 is 15.4 Å². The van der Waals surface area contributed by atoms with Crippen LogP contribution in [0.2, 0.25) is 0 Å². The molecule has 4 rings (SSSR count). The number of ether oxygens (including phenoxy) is 1. The van der Waals surface area contributed by atoms with Crippen molar-refractivity contribution in [1.29, 1.82) is 0 Å². The van der Waals surface area contributed by atoms with Crippen LogP contribution in [-0.2, 0) is 11.8 Å². The molecule has 3 aromatic heterocycles. The predicted octanol–water partition coefficient (Wildman–Crippen LogP) is 4.38. The average molecular weight is 462 g/mol. The molecule has 3 aromatic rings. The number of pyridine rings is 2. The minimum atomic E-state index is -4.57. The minimum absolute atomic E-state index is 0.0152. The molecular weight excluding hydrogens is 437 g/mol. The van der Waals surface area contributed by atoms with Gasteiger partial charge in [-0.15, -0.1) is 0 Å². The summed E-state index contributed by atoms with van der Waals surface area (Å²) in [6, 6.07) is 7.22. The molecular formula is C22H25F3N6O2. The van der Waals surface area contributed by atoms with Gasteiger partial charge in [0.1, 0.15) is 17.2 Å². The van der Waals surface area contributed by atoms with E-state index < -0.39 is 17.5 Å². The number of rotatable bonds is 6. The van der Waals surface area contributed by atoms with E-state index in [4.69, 9.17) is 4.74 Å².